The number of carbonyl (C=O) groups is 1. The highest BCUT2D eigenvalue weighted by molar-refractivity contribution is 9.10. The lowest BCUT2D eigenvalue weighted by Crippen LogP contribution is -2.32. The topological polar surface area (TPSA) is 53.8 Å². The third-order valence-corrected chi connectivity index (χ3v) is 7.96. The number of benzene rings is 1. The predicted octanol–water partition coefficient (Wildman–Crippen LogP) is 5.21. The third-order valence-electron chi connectivity index (χ3n) is 6.57. The minimum Gasteiger partial charge on any atom is -0.299 e. The monoisotopic (exact) mass is 431 g/mol. The first-order valence-corrected chi connectivity index (χ1v) is 10.5. The van der Waals surface area contributed by atoms with E-state index in [4.69, 9.17) is 0 Å². The van der Waals surface area contributed by atoms with Crippen LogP contribution in [-0.4, -0.2) is 16.8 Å². The Kier molecular flexibility index (Phi) is 4.39. The summed E-state index contributed by atoms with van der Waals surface area (Å²) in [5, 5.41) is 12.3. The molecule has 0 aromatic heterocycles. The highest BCUT2D eigenvalue weighted by Crippen LogP contribution is 2.64. The zero-order chi connectivity index (χ0) is 18.5. The lowest BCUT2D eigenvalue weighted by atomic mass is 9.70. The molecule has 3 fully saturated rings. The van der Waals surface area contributed by atoms with Crippen LogP contribution in [0.3, 0.4) is 0 Å². The molecule has 2 saturated carbocycles. The van der Waals surface area contributed by atoms with Crippen LogP contribution >= 0.6 is 27.7 Å². The second-order valence-corrected chi connectivity index (χ2v) is 10.0. The van der Waals surface area contributed by atoms with E-state index in [1.165, 1.54) is 30.3 Å². The molecule has 26 heavy (non-hydrogen) atoms. The molecule has 1 aliphatic heterocycles. The maximum absolute atomic E-state index is 12.2. The summed E-state index contributed by atoms with van der Waals surface area (Å²) in [6.07, 6.45) is 5.37. The van der Waals surface area contributed by atoms with Crippen LogP contribution in [0.15, 0.2) is 43.8 Å². The summed E-state index contributed by atoms with van der Waals surface area (Å²) < 4.78 is 0.989. The Labute approximate surface area is 166 Å². The zero-order valence-electron chi connectivity index (χ0n) is 15.2. The quantitative estimate of drug-likeness (QED) is 0.515. The highest BCUT2D eigenvalue weighted by Gasteiger charge is 2.60. The van der Waals surface area contributed by atoms with Gasteiger partial charge in [-0.2, -0.15) is 5.10 Å². The minimum atomic E-state index is -0.117. The van der Waals surface area contributed by atoms with Crippen LogP contribution in [0.4, 0.5) is 0 Å². The first kappa shape index (κ1) is 18.0. The summed E-state index contributed by atoms with van der Waals surface area (Å²) in [6, 6.07) is 7.87. The van der Waals surface area contributed by atoms with Crippen molar-refractivity contribution in [2.24, 2.45) is 27.0 Å². The molecule has 2 atom stereocenters. The van der Waals surface area contributed by atoms with Gasteiger partial charge in [-0.1, -0.05) is 48.8 Å². The summed E-state index contributed by atoms with van der Waals surface area (Å²) in [7, 11) is 0. The highest BCUT2D eigenvalue weighted by atomic mass is 79.9. The molecule has 1 N–H and O–H groups in total. The number of nitrogens with one attached hydrogen (secondary N) is 1. The molecule has 1 saturated heterocycles. The fourth-order valence-electron chi connectivity index (χ4n) is 4.41. The summed E-state index contributed by atoms with van der Waals surface area (Å²) >= 11 is 4.80. The number of amidine groups is 1. The number of nitrogens with zero attached hydrogens (tertiary/aromatic N) is 2. The van der Waals surface area contributed by atoms with Crippen LogP contribution in [0.2, 0.25) is 0 Å². The Morgan fingerprint density at radius 3 is 2.77 bits per heavy atom. The number of halogens is 1. The van der Waals surface area contributed by atoms with Gasteiger partial charge in [0.15, 0.2) is 5.17 Å². The molecular weight excluding hydrogens is 410 g/mol. The molecule has 136 valence electrons. The molecule has 6 heteroatoms. The Bertz CT molecular complexity index is 874. The van der Waals surface area contributed by atoms with Gasteiger partial charge in [-0.25, -0.2) is 0 Å². The van der Waals surface area contributed by atoms with Gasteiger partial charge in [-0.3, -0.25) is 10.1 Å². The number of rotatable bonds is 2. The molecule has 2 bridgehead atoms. The van der Waals surface area contributed by atoms with Gasteiger partial charge in [-0.05, 0) is 66.1 Å². The number of hydrogen-bond acceptors (Lipinski definition) is 4. The molecule has 4 nitrogen and oxygen atoms in total. The van der Waals surface area contributed by atoms with Crippen LogP contribution in [0.5, 0.6) is 0 Å². The summed E-state index contributed by atoms with van der Waals surface area (Å²) in [4.78, 5) is 12.9. The first-order valence-electron chi connectivity index (χ1n) is 8.91. The van der Waals surface area contributed by atoms with Crippen molar-refractivity contribution in [3.05, 3.63) is 39.2 Å². The molecule has 0 spiro atoms. The molecule has 1 aromatic carbocycles. The Hall–Kier alpha value is -1.40. The molecule has 1 aromatic rings. The Balaban J connectivity index is 1.55. The van der Waals surface area contributed by atoms with Gasteiger partial charge in [0.05, 0.1) is 4.91 Å². The standard InChI is InChI=1S/C20H22BrN3OS/c1-19(2)13-7-8-20(19,3)16(11-13)23-24-18-22-17(25)15(26-18)10-12-5-4-6-14(21)9-12/h4-6,9-10,13H,7-8,11H2,1-3H3,(H,22,24,25)/b15-10+,23-16?/t13-,20+/m0/s1. The Morgan fingerprint density at radius 1 is 1.31 bits per heavy atom. The zero-order valence-corrected chi connectivity index (χ0v) is 17.6. The molecule has 3 aliphatic rings. The van der Waals surface area contributed by atoms with E-state index in [0.717, 1.165) is 16.5 Å². The van der Waals surface area contributed by atoms with Crippen molar-refractivity contribution < 1.29 is 4.79 Å². The van der Waals surface area contributed by atoms with Crippen LogP contribution in [0.1, 0.15) is 45.6 Å². The van der Waals surface area contributed by atoms with Crippen LogP contribution in [-0.2, 0) is 4.79 Å². The maximum Gasteiger partial charge on any atom is 0.264 e. The number of carbonyl (C=O) groups excluding carboxylic acids is 1. The van der Waals surface area contributed by atoms with Gasteiger partial charge in [0, 0.05) is 15.6 Å². The molecule has 0 radical (unpaired) electrons. The second-order valence-electron chi connectivity index (χ2n) is 8.07. The lowest BCUT2D eigenvalue weighted by Gasteiger charge is -2.34. The second kappa shape index (κ2) is 6.34. The van der Waals surface area contributed by atoms with Crippen molar-refractivity contribution in [3.8, 4) is 0 Å². The summed E-state index contributed by atoms with van der Waals surface area (Å²) in [5.74, 6) is 0.581. The van der Waals surface area contributed by atoms with E-state index in [1.54, 1.807) is 0 Å². The largest absolute Gasteiger partial charge is 0.299 e. The van der Waals surface area contributed by atoms with Gasteiger partial charge >= 0.3 is 0 Å². The van der Waals surface area contributed by atoms with E-state index in [2.05, 4.69) is 52.2 Å². The van der Waals surface area contributed by atoms with Crippen molar-refractivity contribution in [1.82, 2.24) is 5.32 Å². The average Bonchev–Trinajstić information content (AvgIpc) is 3.10. The summed E-state index contributed by atoms with van der Waals surface area (Å²) in [5.41, 5.74) is 2.57. The third kappa shape index (κ3) is 2.87. The molecule has 4 rings (SSSR count). The van der Waals surface area contributed by atoms with Gasteiger partial charge in [0.1, 0.15) is 0 Å². The predicted molar refractivity (Wildman–Crippen MR) is 112 cm³/mol. The molecular formula is C20H22BrN3OS. The van der Waals surface area contributed by atoms with Crippen LogP contribution in [0.25, 0.3) is 6.08 Å². The van der Waals surface area contributed by atoms with E-state index in [0.29, 0.717) is 16.0 Å². The fraction of sp³-hybridized carbons (Fsp3) is 0.450. The fourth-order valence-corrected chi connectivity index (χ4v) is 5.60. The Morgan fingerprint density at radius 2 is 2.12 bits per heavy atom. The van der Waals surface area contributed by atoms with E-state index in [-0.39, 0.29) is 16.7 Å². The molecule has 2 aliphatic carbocycles. The van der Waals surface area contributed by atoms with Crippen molar-refractivity contribution in [2.75, 3.05) is 0 Å². The average molecular weight is 432 g/mol. The van der Waals surface area contributed by atoms with Gasteiger partial charge in [-0.15, -0.1) is 5.10 Å². The van der Waals surface area contributed by atoms with Gasteiger partial charge in [0.2, 0.25) is 0 Å². The number of hydrogen-bond donors (Lipinski definition) is 1. The maximum atomic E-state index is 12.2. The van der Waals surface area contributed by atoms with E-state index < -0.39 is 0 Å². The number of amides is 1. The van der Waals surface area contributed by atoms with E-state index >= 15 is 0 Å². The van der Waals surface area contributed by atoms with E-state index in [1.807, 2.05) is 30.3 Å². The minimum absolute atomic E-state index is 0.117. The van der Waals surface area contributed by atoms with Gasteiger partial charge in [0.25, 0.3) is 5.91 Å². The smallest absolute Gasteiger partial charge is 0.264 e. The van der Waals surface area contributed by atoms with Crippen LogP contribution in [0, 0.1) is 16.7 Å². The molecule has 0 unspecified atom stereocenters. The van der Waals surface area contributed by atoms with Crippen molar-refractivity contribution in [1.29, 1.82) is 0 Å². The van der Waals surface area contributed by atoms with Crippen molar-refractivity contribution >= 4 is 50.6 Å². The molecule has 1 heterocycles. The first-order chi connectivity index (χ1) is 12.3. The lowest BCUT2D eigenvalue weighted by molar-refractivity contribution is -0.115. The number of fused-ring (bicyclic) bond motifs is 2. The molecule has 1 amide bonds. The summed E-state index contributed by atoms with van der Waals surface area (Å²) in [6.45, 7) is 7.02. The normalized spacial score (nSPS) is 34.2. The number of thioether (sulfide) groups is 1. The van der Waals surface area contributed by atoms with Crippen LogP contribution < -0.4 is 5.32 Å². The van der Waals surface area contributed by atoms with Crippen molar-refractivity contribution in [2.45, 2.75) is 40.0 Å². The SMILES string of the molecule is CC1(C)[C@H]2CC[C@]1(C)C(=NN=C1NC(=O)/C(=C\c3cccc(Br)c3)S1)C2. The van der Waals surface area contributed by atoms with Crippen molar-refractivity contribution in [3.63, 3.8) is 0 Å². The van der Waals surface area contributed by atoms with E-state index in [9.17, 15) is 4.79 Å². The van der Waals surface area contributed by atoms with Gasteiger partial charge < -0.3 is 0 Å².